The normalized spacial score (nSPS) is 10.9. The molecule has 2 heterocycles. The highest BCUT2D eigenvalue weighted by Crippen LogP contribution is 2.25. The Kier molecular flexibility index (Phi) is 1.56. The molecule has 0 unspecified atom stereocenters. The van der Waals surface area contributed by atoms with Crippen LogP contribution in [0.15, 0.2) is 42.7 Å². The topological polar surface area (TPSA) is 59.6 Å². The van der Waals surface area contributed by atoms with Crippen LogP contribution in [0.4, 0.5) is 5.82 Å². The number of rotatable bonds is 1. The second-order valence-corrected chi connectivity index (χ2v) is 3.40. The van der Waals surface area contributed by atoms with Gasteiger partial charge in [0.1, 0.15) is 0 Å². The first kappa shape index (κ1) is 8.11. The first-order valence-electron chi connectivity index (χ1n) is 4.72. The molecule has 0 radical (unpaired) electrons. The van der Waals surface area contributed by atoms with Crippen LogP contribution in [0.2, 0.25) is 0 Å². The first-order chi connectivity index (χ1) is 7.36. The molecule has 0 aliphatic heterocycles. The van der Waals surface area contributed by atoms with Crippen LogP contribution in [-0.2, 0) is 0 Å². The van der Waals surface area contributed by atoms with Crippen LogP contribution in [0.5, 0.6) is 0 Å². The lowest BCUT2D eigenvalue weighted by molar-refractivity contribution is 1.09. The van der Waals surface area contributed by atoms with Crippen LogP contribution in [0, 0.1) is 0 Å². The number of hydrogen-bond donors (Lipinski definition) is 2. The van der Waals surface area contributed by atoms with Crippen molar-refractivity contribution in [2.24, 2.45) is 0 Å². The van der Waals surface area contributed by atoms with Crippen molar-refractivity contribution >= 4 is 16.7 Å². The van der Waals surface area contributed by atoms with Crippen molar-refractivity contribution < 1.29 is 0 Å². The van der Waals surface area contributed by atoms with Gasteiger partial charge >= 0.3 is 0 Å². The highest BCUT2D eigenvalue weighted by atomic mass is 15.2. The molecule has 0 fully saturated rings. The molecule has 0 aliphatic carbocycles. The van der Waals surface area contributed by atoms with E-state index in [1.807, 2.05) is 47.3 Å². The molecule has 0 spiro atoms. The van der Waals surface area contributed by atoms with Gasteiger partial charge in [-0.3, -0.25) is 5.10 Å². The Morgan fingerprint density at radius 2 is 1.93 bits per heavy atom. The minimum Gasteiger partial charge on any atom is -0.382 e. The summed E-state index contributed by atoms with van der Waals surface area (Å²) in [4.78, 5) is 0. The fourth-order valence-electron chi connectivity index (χ4n) is 1.79. The lowest BCUT2D eigenvalue weighted by Gasteiger charge is -2.04. The maximum Gasteiger partial charge on any atom is 0.155 e. The van der Waals surface area contributed by atoms with Gasteiger partial charge in [-0.15, -0.1) is 0 Å². The number of aromatic nitrogens is 3. The van der Waals surface area contributed by atoms with Crippen LogP contribution in [0.25, 0.3) is 16.6 Å². The first-order valence-corrected chi connectivity index (χ1v) is 4.72. The quantitative estimate of drug-likeness (QED) is 0.627. The Morgan fingerprint density at radius 3 is 2.73 bits per heavy atom. The molecule has 3 N–H and O–H groups in total. The van der Waals surface area contributed by atoms with Crippen LogP contribution < -0.4 is 5.73 Å². The largest absolute Gasteiger partial charge is 0.382 e. The van der Waals surface area contributed by atoms with E-state index in [4.69, 9.17) is 5.73 Å². The molecule has 3 aromatic rings. The van der Waals surface area contributed by atoms with E-state index in [0.29, 0.717) is 5.82 Å². The van der Waals surface area contributed by atoms with E-state index in [1.54, 1.807) is 0 Å². The van der Waals surface area contributed by atoms with E-state index >= 15 is 0 Å². The van der Waals surface area contributed by atoms with Crippen molar-refractivity contribution in [3.8, 4) is 5.69 Å². The van der Waals surface area contributed by atoms with E-state index < -0.39 is 0 Å². The summed E-state index contributed by atoms with van der Waals surface area (Å²) in [6.45, 7) is 0. The maximum atomic E-state index is 5.83. The zero-order chi connectivity index (χ0) is 10.3. The van der Waals surface area contributed by atoms with Crippen molar-refractivity contribution in [2.75, 3.05) is 5.73 Å². The highest BCUT2D eigenvalue weighted by molar-refractivity contribution is 5.95. The van der Waals surface area contributed by atoms with Crippen LogP contribution in [0.1, 0.15) is 0 Å². The predicted octanol–water partition coefficient (Wildman–Crippen LogP) is 1.94. The van der Waals surface area contributed by atoms with Crippen LogP contribution >= 0.6 is 0 Å². The summed E-state index contributed by atoms with van der Waals surface area (Å²) in [6.07, 6.45) is 3.97. The predicted molar refractivity (Wildman–Crippen MR) is 59.8 cm³/mol. The molecule has 74 valence electrons. The molecule has 0 atom stereocenters. The Morgan fingerprint density at radius 1 is 1.13 bits per heavy atom. The summed E-state index contributed by atoms with van der Waals surface area (Å²) in [5, 5.41) is 7.87. The molecule has 0 amide bonds. The molecule has 15 heavy (non-hydrogen) atoms. The second kappa shape index (κ2) is 2.88. The molecular formula is C11H10N4. The Balaban J connectivity index is 2.39. The Bertz CT molecular complexity index is 592. The number of hydrogen-bond acceptors (Lipinski definition) is 2. The number of nitrogens with two attached hydrogens (primary N) is 1. The molecule has 0 bridgehead atoms. The van der Waals surface area contributed by atoms with Crippen molar-refractivity contribution in [3.63, 3.8) is 0 Å². The van der Waals surface area contributed by atoms with E-state index in [9.17, 15) is 0 Å². The van der Waals surface area contributed by atoms with Gasteiger partial charge < -0.3 is 10.3 Å². The van der Waals surface area contributed by atoms with Gasteiger partial charge in [0.2, 0.25) is 0 Å². The molecule has 4 nitrogen and oxygen atoms in total. The van der Waals surface area contributed by atoms with Crippen LogP contribution in [-0.4, -0.2) is 14.8 Å². The third-order valence-electron chi connectivity index (χ3n) is 2.48. The van der Waals surface area contributed by atoms with Gasteiger partial charge in [-0.05, 0) is 24.3 Å². The Labute approximate surface area is 86.3 Å². The lowest BCUT2D eigenvalue weighted by atomic mass is 10.2. The number of H-pyrrole nitrogens is 1. The van der Waals surface area contributed by atoms with Gasteiger partial charge in [-0.2, -0.15) is 5.10 Å². The van der Waals surface area contributed by atoms with Crippen LogP contribution in [0.3, 0.4) is 0 Å². The summed E-state index contributed by atoms with van der Waals surface area (Å²) < 4.78 is 2.02. The number of fused-ring (bicyclic) bond motifs is 1. The molecule has 2 aromatic heterocycles. The van der Waals surface area contributed by atoms with Gasteiger partial charge in [0, 0.05) is 12.4 Å². The summed E-state index contributed by atoms with van der Waals surface area (Å²) >= 11 is 0. The number of benzene rings is 1. The summed E-state index contributed by atoms with van der Waals surface area (Å²) in [5.41, 5.74) is 7.83. The van der Waals surface area contributed by atoms with Crippen molar-refractivity contribution in [1.82, 2.24) is 14.8 Å². The fourth-order valence-corrected chi connectivity index (χ4v) is 1.79. The zero-order valence-corrected chi connectivity index (χ0v) is 8.01. The molecule has 0 aliphatic rings. The average molecular weight is 198 g/mol. The van der Waals surface area contributed by atoms with E-state index in [-0.39, 0.29) is 0 Å². The molecule has 4 heteroatoms. The van der Waals surface area contributed by atoms with Gasteiger partial charge in [-0.25, -0.2) is 0 Å². The third-order valence-corrected chi connectivity index (χ3v) is 2.48. The standard InChI is InChI=1S/C11H10N4/c12-11-10-8(13-14-11)4-3-5-9(10)15-6-1-2-7-15/h1-7H,(H3,12,13,14). The minimum atomic E-state index is 0.536. The SMILES string of the molecule is Nc1n[nH]c2cccc(-n3cccc3)c12. The third kappa shape index (κ3) is 1.11. The summed E-state index contributed by atoms with van der Waals surface area (Å²) in [6, 6.07) is 9.93. The zero-order valence-electron chi connectivity index (χ0n) is 8.01. The molecule has 3 rings (SSSR count). The van der Waals surface area contributed by atoms with Gasteiger partial charge in [0.25, 0.3) is 0 Å². The number of aromatic amines is 1. The Hall–Kier alpha value is -2.23. The minimum absolute atomic E-state index is 0.536. The van der Waals surface area contributed by atoms with Crippen molar-refractivity contribution in [1.29, 1.82) is 0 Å². The van der Waals surface area contributed by atoms with E-state index in [2.05, 4.69) is 10.2 Å². The molecule has 0 saturated carbocycles. The summed E-state index contributed by atoms with van der Waals surface area (Å²) in [7, 11) is 0. The van der Waals surface area contributed by atoms with E-state index in [0.717, 1.165) is 16.6 Å². The smallest absolute Gasteiger partial charge is 0.155 e. The molecular weight excluding hydrogens is 188 g/mol. The number of nitrogens with one attached hydrogen (secondary N) is 1. The fraction of sp³-hybridized carbons (Fsp3) is 0. The van der Waals surface area contributed by atoms with Gasteiger partial charge in [0.05, 0.1) is 16.6 Å². The number of anilines is 1. The second-order valence-electron chi connectivity index (χ2n) is 3.40. The number of nitrogens with zero attached hydrogens (tertiary/aromatic N) is 2. The van der Waals surface area contributed by atoms with E-state index in [1.165, 1.54) is 0 Å². The highest BCUT2D eigenvalue weighted by Gasteiger charge is 2.07. The van der Waals surface area contributed by atoms with Crippen molar-refractivity contribution in [3.05, 3.63) is 42.7 Å². The average Bonchev–Trinajstić information content (AvgIpc) is 2.88. The number of nitrogen functional groups attached to an aromatic ring is 1. The molecule has 1 aromatic carbocycles. The van der Waals surface area contributed by atoms with Gasteiger partial charge in [-0.1, -0.05) is 6.07 Å². The monoisotopic (exact) mass is 198 g/mol. The molecule has 0 saturated heterocycles. The van der Waals surface area contributed by atoms with Gasteiger partial charge in [0.15, 0.2) is 5.82 Å². The van der Waals surface area contributed by atoms with Crippen molar-refractivity contribution in [2.45, 2.75) is 0 Å². The lowest BCUT2D eigenvalue weighted by Crippen LogP contribution is -1.92. The maximum absolute atomic E-state index is 5.83. The summed E-state index contributed by atoms with van der Waals surface area (Å²) in [5.74, 6) is 0.536.